The number of aromatic nitrogens is 1. The van der Waals surface area contributed by atoms with Crippen LogP contribution in [0.4, 0.5) is 5.82 Å². The first kappa shape index (κ1) is 19.0. The van der Waals surface area contributed by atoms with E-state index in [0.29, 0.717) is 0 Å². The first-order valence-corrected chi connectivity index (χ1v) is 6.39. The Bertz CT molecular complexity index is 395. The Morgan fingerprint density at radius 3 is 2.55 bits per heavy atom. The fraction of sp³-hybridized carbons (Fsp3) is 0.538. The maximum atomic E-state index is 11.5. The monoisotopic (exact) mass is 320 g/mol. The molecule has 1 aromatic rings. The Morgan fingerprint density at radius 1 is 1.40 bits per heavy atom. The molecule has 2 rings (SSSR count). The summed E-state index contributed by atoms with van der Waals surface area (Å²) < 4.78 is 0. The van der Waals surface area contributed by atoms with Gasteiger partial charge in [-0.3, -0.25) is 4.79 Å². The number of hydrogen-bond acceptors (Lipinski definition) is 4. The number of pyridine rings is 1. The fourth-order valence-corrected chi connectivity index (χ4v) is 2.13. The highest BCUT2D eigenvalue weighted by atomic mass is 35.5. The average molecular weight is 321 g/mol. The van der Waals surface area contributed by atoms with E-state index in [2.05, 4.69) is 15.2 Å². The van der Waals surface area contributed by atoms with Gasteiger partial charge in [-0.25, -0.2) is 4.98 Å². The quantitative estimate of drug-likeness (QED) is 0.882. The van der Waals surface area contributed by atoms with Crippen molar-refractivity contribution in [2.45, 2.75) is 31.8 Å². The lowest BCUT2D eigenvalue weighted by molar-refractivity contribution is -0.122. The number of amides is 1. The number of anilines is 1. The van der Waals surface area contributed by atoms with Gasteiger partial charge in [-0.1, -0.05) is 6.07 Å². The zero-order valence-electron chi connectivity index (χ0n) is 11.5. The highest BCUT2D eigenvalue weighted by Gasteiger charge is 2.22. The van der Waals surface area contributed by atoms with Gasteiger partial charge in [0.15, 0.2) is 0 Å². The van der Waals surface area contributed by atoms with Crippen LogP contribution in [0.5, 0.6) is 0 Å². The fourth-order valence-electron chi connectivity index (χ4n) is 2.13. The summed E-state index contributed by atoms with van der Waals surface area (Å²) in [5.41, 5.74) is 5.54. The molecule has 114 valence electrons. The number of nitrogens with zero attached hydrogens (tertiary/aromatic N) is 2. The highest BCUT2D eigenvalue weighted by molar-refractivity contribution is 5.85. The number of nitrogens with one attached hydrogen (secondary N) is 1. The number of rotatable bonds is 3. The van der Waals surface area contributed by atoms with Gasteiger partial charge in [0.05, 0.1) is 6.04 Å². The van der Waals surface area contributed by atoms with E-state index in [1.54, 1.807) is 13.1 Å². The second-order valence-corrected chi connectivity index (χ2v) is 4.75. The Labute approximate surface area is 132 Å². The molecule has 1 amide bonds. The molecule has 0 bridgehead atoms. The largest absolute Gasteiger partial charge is 0.356 e. The minimum Gasteiger partial charge on any atom is -0.356 e. The molecule has 0 aromatic carbocycles. The maximum Gasteiger partial charge on any atom is 0.236 e. The molecule has 1 atom stereocenters. The van der Waals surface area contributed by atoms with E-state index < -0.39 is 6.04 Å². The van der Waals surface area contributed by atoms with Gasteiger partial charge in [0.1, 0.15) is 5.82 Å². The summed E-state index contributed by atoms with van der Waals surface area (Å²) in [5, 5.41) is 2.98. The molecular weight excluding hydrogens is 299 g/mol. The number of carbonyl (C=O) groups excluding carboxylic acids is 1. The van der Waals surface area contributed by atoms with E-state index in [0.717, 1.165) is 31.7 Å². The lowest BCUT2D eigenvalue weighted by Crippen LogP contribution is -2.49. The van der Waals surface area contributed by atoms with Crippen LogP contribution in [0.15, 0.2) is 24.4 Å². The second-order valence-electron chi connectivity index (χ2n) is 4.75. The maximum absolute atomic E-state index is 11.5. The Balaban J connectivity index is 0.00000180. The molecule has 0 saturated carbocycles. The van der Waals surface area contributed by atoms with E-state index >= 15 is 0 Å². The van der Waals surface area contributed by atoms with Gasteiger partial charge in [-0.05, 0) is 31.9 Å². The van der Waals surface area contributed by atoms with Gasteiger partial charge in [-0.15, -0.1) is 24.8 Å². The summed E-state index contributed by atoms with van der Waals surface area (Å²) in [6.07, 6.45) is 3.68. The predicted molar refractivity (Wildman–Crippen MR) is 85.8 cm³/mol. The molecule has 5 nitrogen and oxygen atoms in total. The van der Waals surface area contributed by atoms with E-state index in [-0.39, 0.29) is 36.8 Å². The molecule has 1 fully saturated rings. The van der Waals surface area contributed by atoms with Gasteiger partial charge in [0.2, 0.25) is 5.91 Å². The third-order valence-corrected chi connectivity index (χ3v) is 3.23. The third-order valence-electron chi connectivity index (χ3n) is 3.23. The van der Waals surface area contributed by atoms with Crippen LogP contribution >= 0.6 is 24.8 Å². The van der Waals surface area contributed by atoms with Crippen molar-refractivity contribution in [3.05, 3.63) is 24.4 Å². The minimum absolute atomic E-state index is 0. The van der Waals surface area contributed by atoms with Crippen LogP contribution in [0.3, 0.4) is 0 Å². The van der Waals surface area contributed by atoms with Crippen LogP contribution in [0.25, 0.3) is 0 Å². The van der Waals surface area contributed by atoms with Crippen LogP contribution < -0.4 is 16.0 Å². The van der Waals surface area contributed by atoms with Crippen molar-refractivity contribution in [2.75, 3.05) is 18.0 Å². The summed E-state index contributed by atoms with van der Waals surface area (Å²) in [6.45, 7) is 3.54. The smallest absolute Gasteiger partial charge is 0.236 e. The summed E-state index contributed by atoms with van der Waals surface area (Å²) in [6, 6.07) is 5.73. The second kappa shape index (κ2) is 9.00. The molecule has 1 saturated heterocycles. The molecule has 20 heavy (non-hydrogen) atoms. The van der Waals surface area contributed by atoms with Crippen LogP contribution in [0.2, 0.25) is 0 Å². The molecule has 0 aliphatic carbocycles. The van der Waals surface area contributed by atoms with Crippen LogP contribution in [0, 0.1) is 0 Å². The van der Waals surface area contributed by atoms with Gasteiger partial charge in [-0.2, -0.15) is 0 Å². The molecule has 3 N–H and O–H groups in total. The first-order valence-electron chi connectivity index (χ1n) is 6.39. The van der Waals surface area contributed by atoms with E-state index in [4.69, 9.17) is 5.73 Å². The Kier molecular flexibility index (Phi) is 8.53. The molecule has 0 spiro atoms. The molecule has 1 aliphatic rings. The van der Waals surface area contributed by atoms with Gasteiger partial charge >= 0.3 is 0 Å². The minimum atomic E-state index is -0.432. The first-order chi connectivity index (χ1) is 8.66. The van der Waals surface area contributed by atoms with Crippen LogP contribution in [0.1, 0.15) is 19.8 Å². The average Bonchev–Trinajstić information content (AvgIpc) is 2.40. The molecule has 0 unspecified atom stereocenters. The molecule has 0 radical (unpaired) electrons. The van der Waals surface area contributed by atoms with E-state index in [1.165, 1.54) is 0 Å². The molecular formula is C13H22Cl2N4O. The third kappa shape index (κ3) is 5.15. The number of nitrogens with two attached hydrogens (primary N) is 1. The van der Waals surface area contributed by atoms with Gasteiger partial charge in [0, 0.05) is 25.3 Å². The van der Waals surface area contributed by atoms with Crippen molar-refractivity contribution >= 4 is 36.5 Å². The van der Waals surface area contributed by atoms with Crippen molar-refractivity contribution in [3.63, 3.8) is 0 Å². The lowest BCUT2D eigenvalue weighted by atomic mass is 10.0. The number of carbonyl (C=O) groups is 1. The van der Waals surface area contributed by atoms with Gasteiger partial charge in [0.25, 0.3) is 0 Å². The van der Waals surface area contributed by atoms with Crippen LogP contribution in [-0.4, -0.2) is 36.1 Å². The summed E-state index contributed by atoms with van der Waals surface area (Å²) in [7, 11) is 0. The summed E-state index contributed by atoms with van der Waals surface area (Å²) in [4.78, 5) is 18.1. The molecule has 1 aliphatic heterocycles. The zero-order valence-corrected chi connectivity index (χ0v) is 13.1. The topological polar surface area (TPSA) is 71.2 Å². The van der Waals surface area contributed by atoms with Crippen molar-refractivity contribution in [3.8, 4) is 0 Å². The number of piperidine rings is 1. The van der Waals surface area contributed by atoms with Crippen molar-refractivity contribution in [1.29, 1.82) is 0 Å². The molecule has 1 aromatic heterocycles. The Morgan fingerprint density at radius 2 is 2.05 bits per heavy atom. The highest BCUT2D eigenvalue weighted by Crippen LogP contribution is 2.17. The SMILES string of the molecule is C[C@H](N)C(=O)NC1CCN(c2ccccn2)CC1.Cl.Cl. The summed E-state index contributed by atoms with van der Waals surface area (Å²) in [5.74, 6) is 0.945. The van der Waals surface area contributed by atoms with Crippen LogP contribution in [-0.2, 0) is 4.79 Å². The zero-order chi connectivity index (χ0) is 13.0. The van der Waals surface area contributed by atoms with Crippen molar-refractivity contribution < 1.29 is 4.79 Å². The van der Waals surface area contributed by atoms with E-state index in [9.17, 15) is 4.79 Å². The summed E-state index contributed by atoms with van der Waals surface area (Å²) >= 11 is 0. The number of hydrogen-bond donors (Lipinski definition) is 2. The Hall–Kier alpha value is -1.04. The van der Waals surface area contributed by atoms with Crippen molar-refractivity contribution in [2.24, 2.45) is 5.73 Å². The molecule has 2 heterocycles. The lowest BCUT2D eigenvalue weighted by Gasteiger charge is -2.33. The van der Waals surface area contributed by atoms with Crippen molar-refractivity contribution in [1.82, 2.24) is 10.3 Å². The predicted octanol–water partition coefficient (Wildman–Crippen LogP) is 1.36. The molecule has 7 heteroatoms. The van der Waals surface area contributed by atoms with Gasteiger partial charge < -0.3 is 16.0 Å². The van der Waals surface area contributed by atoms with E-state index in [1.807, 2.05) is 18.2 Å². The number of halogens is 2. The normalized spacial score (nSPS) is 16.6. The standard InChI is InChI=1S/C13H20N4O.2ClH/c1-10(14)13(18)16-11-5-8-17(9-6-11)12-4-2-3-7-15-12;;/h2-4,7,10-11H,5-6,8-9,14H2,1H3,(H,16,18);2*1H/t10-;;/m0../s1.